The van der Waals surface area contributed by atoms with Crippen LogP contribution in [0, 0.1) is 5.92 Å². The van der Waals surface area contributed by atoms with E-state index in [1.165, 1.54) is 45.3 Å². The SMILES string of the molecule is CC(S)C(=O)N1CCC(CN2CCCC2)CC1. The summed E-state index contributed by atoms with van der Waals surface area (Å²) in [5, 5.41) is -0.148. The van der Waals surface area contributed by atoms with Gasteiger partial charge in [0.05, 0.1) is 5.25 Å². The van der Waals surface area contributed by atoms with E-state index in [4.69, 9.17) is 0 Å². The van der Waals surface area contributed by atoms with Gasteiger partial charge >= 0.3 is 0 Å². The van der Waals surface area contributed by atoms with Gasteiger partial charge in [-0.25, -0.2) is 0 Å². The summed E-state index contributed by atoms with van der Waals surface area (Å²) in [5.41, 5.74) is 0. The maximum absolute atomic E-state index is 11.8. The van der Waals surface area contributed by atoms with Crippen molar-refractivity contribution < 1.29 is 4.79 Å². The van der Waals surface area contributed by atoms with E-state index in [2.05, 4.69) is 17.5 Å². The van der Waals surface area contributed by atoms with Crippen LogP contribution in [0.25, 0.3) is 0 Å². The largest absolute Gasteiger partial charge is 0.342 e. The highest BCUT2D eigenvalue weighted by atomic mass is 32.1. The van der Waals surface area contributed by atoms with Crippen molar-refractivity contribution in [2.24, 2.45) is 5.92 Å². The molecule has 2 aliphatic heterocycles. The number of hydrogen-bond donors (Lipinski definition) is 1. The second kappa shape index (κ2) is 6.10. The lowest BCUT2D eigenvalue weighted by atomic mass is 9.96. The van der Waals surface area contributed by atoms with Gasteiger partial charge in [-0.2, -0.15) is 12.6 Å². The number of thiol groups is 1. The highest BCUT2D eigenvalue weighted by Gasteiger charge is 2.26. The quantitative estimate of drug-likeness (QED) is 0.776. The lowest BCUT2D eigenvalue weighted by Gasteiger charge is -2.34. The number of piperidine rings is 1. The summed E-state index contributed by atoms with van der Waals surface area (Å²) < 4.78 is 0. The minimum atomic E-state index is -0.148. The molecule has 1 atom stereocenters. The third-order valence-electron chi connectivity index (χ3n) is 4.00. The summed E-state index contributed by atoms with van der Waals surface area (Å²) in [6.45, 7) is 7.55. The Morgan fingerprint density at radius 3 is 2.35 bits per heavy atom. The Morgan fingerprint density at radius 2 is 1.82 bits per heavy atom. The molecule has 0 aliphatic carbocycles. The third kappa shape index (κ3) is 3.62. The lowest BCUT2D eigenvalue weighted by molar-refractivity contribution is -0.131. The van der Waals surface area contributed by atoms with E-state index in [1.54, 1.807) is 0 Å². The van der Waals surface area contributed by atoms with E-state index < -0.39 is 0 Å². The maximum Gasteiger partial charge on any atom is 0.235 e. The summed E-state index contributed by atoms with van der Waals surface area (Å²) in [4.78, 5) is 16.4. The highest BCUT2D eigenvalue weighted by Crippen LogP contribution is 2.21. The smallest absolute Gasteiger partial charge is 0.235 e. The number of likely N-dealkylation sites (tertiary alicyclic amines) is 2. The summed E-state index contributed by atoms with van der Waals surface area (Å²) in [7, 11) is 0. The fourth-order valence-corrected chi connectivity index (χ4v) is 3.09. The molecule has 0 N–H and O–H groups in total. The van der Waals surface area contributed by atoms with Crippen LogP contribution in [0.3, 0.4) is 0 Å². The molecule has 2 rings (SSSR count). The molecule has 0 aromatic rings. The molecular weight excluding hydrogens is 232 g/mol. The average Bonchev–Trinajstić information content (AvgIpc) is 2.82. The number of carbonyl (C=O) groups is 1. The van der Waals surface area contributed by atoms with Crippen molar-refractivity contribution in [3.05, 3.63) is 0 Å². The van der Waals surface area contributed by atoms with Crippen LogP contribution in [-0.2, 0) is 4.79 Å². The van der Waals surface area contributed by atoms with E-state index in [0.29, 0.717) is 0 Å². The summed E-state index contributed by atoms with van der Waals surface area (Å²) in [5.74, 6) is 1.00. The monoisotopic (exact) mass is 256 g/mol. The van der Waals surface area contributed by atoms with Crippen molar-refractivity contribution >= 4 is 18.5 Å². The van der Waals surface area contributed by atoms with Gasteiger partial charge in [0.2, 0.25) is 5.91 Å². The van der Waals surface area contributed by atoms with E-state index >= 15 is 0 Å². The Kier molecular flexibility index (Phi) is 4.74. The van der Waals surface area contributed by atoms with Gasteiger partial charge in [-0.05, 0) is 51.6 Å². The molecule has 4 heteroatoms. The Labute approximate surface area is 110 Å². The van der Waals surface area contributed by atoms with Crippen LogP contribution in [0.2, 0.25) is 0 Å². The molecule has 2 fully saturated rings. The maximum atomic E-state index is 11.8. The summed E-state index contributed by atoms with van der Waals surface area (Å²) in [6.07, 6.45) is 5.08. The van der Waals surface area contributed by atoms with Crippen LogP contribution in [0.5, 0.6) is 0 Å². The minimum absolute atomic E-state index is 0.148. The summed E-state index contributed by atoms with van der Waals surface area (Å²) in [6, 6.07) is 0. The van der Waals surface area contributed by atoms with Crippen molar-refractivity contribution in [1.82, 2.24) is 9.80 Å². The molecule has 0 bridgehead atoms. The standard InChI is InChI=1S/C13H24N2OS/c1-11(17)13(16)15-8-4-12(5-9-15)10-14-6-2-3-7-14/h11-12,17H,2-10H2,1H3. The van der Waals surface area contributed by atoms with Gasteiger partial charge in [0.1, 0.15) is 0 Å². The minimum Gasteiger partial charge on any atom is -0.342 e. The van der Waals surface area contributed by atoms with E-state index in [-0.39, 0.29) is 11.2 Å². The number of hydrogen-bond acceptors (Lipinski definition) is 3. The zero-order valence-electron chi connectivity index (χ0n) is 10.8. The zero-order valence-corrected chi connectivity index (χ0v) is 11.7. The molecule has 3 nitrogen and oxygen atoms in total. The van der Waals surface area contributed by atoms with Gasteiger partial charge in [0, 0.05) is 19.6 Å². The fraction of sp³-hybridized carbons (Fsp3) is 0.923. The van der Waals surface area contributed by atoms with Gasteiger partial charge in [-0.1, -0.05) is 0 Å². The molecule has 0 aromatic carbocycles. The van der Waals surface area contributed by atoms with Crippen molar-refractivity contribution in [2.75, 3.05) is 32.7 Å². The molecule has 98 valence electrons. The summed E-state index contributed by atoms with van der Waals surface area (Å²) >= 11 is 4.22. The molecule has 0 saturated carbocycles. The predicted octanol–water partition coefficient (Wildman–Crippen LogP) is 1.64. The van der Waals surface area contributed by atoms with Crippen LogP contribution < -0.4 is 0 Å². The second-order valence-electron chi connectivity index (χ2n) is 5.45. The average molecular weight is 256 g/mol. The first-order valence-electron chi connectivity index (χ1n) is 6.86. The predicted molar refractivity (Wildman–Crippen MR) is 73.4 cm³/mol. The van der Waals surface area contributed by atoms with Crippen molar-refractivity contribution in [3.63, 3.8) is 0 Å². The zero-order chi connectivity index (χ0) is 12.3. The molecule has 2 aliphatic rings. The Morgan fingerprint density at radius 1 is 1.24 bits per heavy atom. The van der Waals surface area contributed by atoms with Gasteiger partial charge in [0.25, 0.3) is 0 Å². The fourth-order valence-electron chi connectivity index (χ4n) is 2.93. The third-order valence-corrected chi connectivity index (χ3v) is 4.22. The lowest BCUT2D eigenvalue weighted by Crippen LogP contribution is -2.43. The van der Waals surface area contributed by atoms with Crippen molar-refractivity contribution in [1.29, 1.82) is 0 Å². The molecule has 1 unspecified atom stereocenters. The molecule has 0 radical (unpaired) electrons. The van der Waals surface area contributed by atoms with Crippen molar-refractivity contribution in [3.8, 4) is 0 Å². The van der Waals surface area contributed by atoms with Crippen LogP contribution in [0.1, 0.15) is 32.6 Å². The van der Waals surface area contributed by atoms with Gasteiger partial charge in [-0.15, -0.1) is 0 Å². The normalized spacial score (nSPS) is 25.2. The molecule has 1 amide bonds. The molecule has 0 aromatic heterocycles. The van der Waals surface area contributed by atoms with Crippen molar-refractivity contribution in [2.45, 2.75) is 37.9 Å². The number of nitrogens with zero attached hydrogens (tertiary/aromatic N) is 2. The Hall–Kier alpha value is -0.220. The Balaban J connectivity index is 1.72. The first-order valence-corrected chi connectivity index (χ1v) is 7.37. The van der Waals surface area contributed by atoms with Gasteiger partial charge < -0.3 is 9.80 Å². The highest BCUT2D eigenvalue weighted by molar-refractivity contribution is 7.81. The number of carbonyl (C=O) groups excluding carboxylic acids is 1. The number of amides is 1. The van der Waals surface area contributed by atoms with Gasteiger partial charge in [-0.3, -0.25) is 4.79 Å². The van der Waals surface area contributed by atoms with Gasteiger partial charge in [0.15, 0.2) is 0 Å². The first kappa shape index (κ1) is 13.2. The molecular formula is C13H24N2OS. The van der Waals surface area contributed by atoms with Crippen LogP contribution >= 0.6 is 12.6 Å². The van der Waals surface area contributed by atoms with Crippen LogP contribution in [0.15, 0.2) is 0 Å². The van der Waals surface area contributed by atoms with E-state index in [0.717, 1.165) is 19.0 Å². The Bertz CT molecular complexity index is 256. The molecule has 2 heterocycles. The van der Waals surface area contributed by atoms with Crippen LogP contribution in [-0.4, -0.2) is 53.7 Å². The number of rotatable bonds is 3. The van der Waals surface area contributed by atoms with E-state index in [9.17, 15) is 4.79 Å². The molecule has 17 heavy (non-hydrogen) atoms. The second-order valence-corrected chi connectivity index (χ2v) is 6.23. The molecule has 0 spiro atoms. The van der Waals surface area contributed by atoms with Crippen LogP contribution in [0.4, 0.5) is 0 Å². The first-order chi connectivity index (χ1) is 8.16. The molecule has 2 saturated heterocycles. The topological polar surface area (TPSA) is 23.6 Å². The van der Waals surface area contributed by atoms with E-state index in [1.807, 2.05) is 11.8 Å².